The number of nitrogens with two attached hydrogens (primary N) is 1. The van der Waals surface area contributed by atoms with Gasteiger partial charge in [-0.1, -0.05) is 6.07 Å². The molecule has 0 unspecified atom stereocenters. The van der Waals surface area contributed by atoms with Crippen LogP contribution < -0.4 is 5.73 Å². The fraction of sp³-hybridized carbons (Fsp3) is 0.375. The van der Waals surface area contributed by atoms with Gasteiger partial charge in [-0.25, -0.2) is 4.68 Å². The average molecular weight is 338 g/mol. The van der Waals surface area contributed by atoms with E-state index in [1.165, 1.54) is 6.20 Å². The summed E-state index contributed by atoms with van der Waals surface area (Å²) in [7, 11) is 0. The van der Waals surface area contributed by atoms with Crippen LogP contribution in [0.5, 0.6) is 0 Å². The van der Waals surface area contributed by atoms with E-state index in [2.05, 4.69) is 5.10 Å². The fourth-order valence-corrected chi connectivity index (χ4v) is 2.91. The Morgan fingerprint density at radius 1 is 1.33 bits per heavy atom. The molecule has 0 bridgehead atoms. The van der Waals surface area contributed by atoms with Gasteiger partial charge in [-0.2, -0.15) is 18.3 Å². The fourth-order valence-electron chi connectivity index (χ4n) is 2.91. The highest BCUT2D eigenvalue weighted by Crippen LogP contribution is 2.28. The zero-order valence-corrected chi connectivity index (χ0v) is 12.8. The number of benzene rings is 1. The molecule has 1 saturated heterocycles. The molecule has 1 aliphatic rings. The number of halogens is 3. The van der Waals surface area contributed by atoms with Crippen LogP contribution in [-0.4, -0.2) is 39.7 Å². The van der Waals surface area contributed by atoms with Crippen molar-refractivity contribution in [3.8, 4) is 5.69 Å². The molecule has 1 fully saturated rings. The predicted molar refractivity (Wildman–Crippen MR) is 81.7 cm³/mol. The van der Waals surface area contributed by atoms with Crippen LogP contribution >= 0.6 is 0 Å². The first-order valence-corrected chi connectivity index (χ1v) is 7.64. The summed E-state index contributed by atoms with van der Waals surface area (Å²) in [5.41, 5.74) is 5.54. The minimum absolute atomic E-state index is 0.0164. The third-order valence-corrected chi connectivity index (χ3v) is 4.15. The molecule has 1 amide bonds. The van der Waals surface area contributed by atoms with Crippen molar-refractivity contribution < 1.29 is 18.0 Å². The maximum atomic E-state index is 12.7. The number of carbonyl (C=O) groups excluding carboxylic acids is 1. The van der Waals surface area contributed by atoms with Crippen molar-refractivity contribution in [2.75, 3.05) is 13.1 Å². The molecule has 24 heavy (non-hydrogen) atoms. The highest BCUT2D eigenvalue weighted by atomic mass is 19.4. The highest BCUT2D eigenvalue weighted by molar-refractivity contribution is 5.95. The molecule has 3 rings (SSSR count). The Labute approximate surface area is 136 Å². The van der Waals surface area contributed by atoms with Gasteiger partial charge >= 0.3 is 6.18 Å². The topological polar surface area (TPSA) is 64.2 Å². The van der Waals surface area contributed by atoms with E-state index in [0.29, 0.717) is 24.3 Å². The Hall–Kier alpha value is -2.35. The van der Waals surface area contributed by atoms with Crippen molar-refractivity contribution >= 4 is 5.91 Å². The zero-order valence-electron chi connectivity index (χ0n) is 12.8. The molecular formula is C16H17F3N4O. The molecule has 2 aromatic rings. The van der Waals surface area contributed by atoms with Crippen molar-refractivity contribution in [1.29, 1.82) is 0 Å². The highest BCUT2D eigenvalue weighted by Gasteiger charge is 2.33. The molecule has 128 valence electrons. The minimum Gasteiger partial charge on any atom is -0.334 e. The molecule has 2 heterocycles. The van der Waals surface area contributed by atoms with Gasteiger partial charge in [0, 0.05) is 30.9 Å². The third-order valence-electron chi connectivity index (χ3n) is 4.15. The Bertz CT molecular complexity index is 741. The maximum absolute atomic E-state index is 12.7. The summed E-state index contributed by atoms with van der Waals surface area (Å²) in [6.45, 7) is 1.05. The Balaban J connectivity index is 1.87. The first-order chi connectivity index (χ1) is 11.4. The number of alkyl halides is 3. The third kappa shape index (κ3) is 3.14. The van der Waals surface area contributed by atoms with Gasteiger partial charge in [0.2, 0.25) is 0 Å². The predicted octanol–water partition coefficient (Wildman–Crippen LogP) is 2.45. The molecule has 1 atom stereocenters. The van der Waals surface area contributed by atoms with Gasteiger partial charge < -0.3 is 10.6 Å². The van der Waals surface area contributed by atoms with Crippen molar-refractivity contribution in [2.24, 2.45) is 5.73 Å². The quantitative estimate of drug-likeness (QED) is 0.935. The Morgan fingerprint density at radius 2 is 2.12 bits per heavy atom. The SMILES string of the molecule is NC[C@@H]1CCCN1C(=O)c1cccc(-n2ccc(C(F)(F)F)n2)c1. The van der Waals surface area contributed by atoms with Gasteiger partial charge in [0.15, 0.2) is 5.69 Å². The number of hydrogen-bond acceptors (Lipinski definition) is 3. The van der Waals surface area contributed by atoms with E-state index in [1.807, 2.05) is 0 Å². The molecule has 8 heteroatoms. The largest absolute Gasteiger partial charge is 0.435 e. The molecule has 2 N–H and O–H groups in total. The van der Waals surface area contributed by atoms with Crippen LogP contribution in [0.2, 0.25) is 0 Å². The Morgan fingerprint density at radius 3 is 2.79 bits per heavy atom. The van der Waals surface area contributed by atoms with E-state index >= 15 is 0 Å². The van der Waals surface area contributed by atoms with Crippen LogP contribution in [0, 0.1) is 0 Å². The normalized spacial score (nSPS) is 18.2. The maximum Gasteiger partial charge on any atom is 0.435 e. The van der Waals surface area contributed by atoms with Gasteiger partial charge in [-0.15, -0.1) is 0 Å². The molecule has 0 spiro atoms. The smallest absolute Gasteiger partial charge is 0.334 e. The standard InChI is InChI=1S/C16H17F3N4O/c17-16(18,19)14-6-8-23(21-14)12-4-1-3-11(9-12)15(24)22-7-2-5-13(22)10-20/h1,3-4,6,8-9,13H,2,5,7,10,20H2/t13-/m0/s1. The first-order valence-electron chi connectivity index (χ1n) is 7.64. The summed E-state index contributed by atoms with van der Waals surface area (Å²) in [6.07, 6.45) is -1.50. The molecule has 0 saturated carbocycles. The first kappa shape index (κ1) is 16.5. The number of rotatable bonds is 3. The van der Waals surface area contributed by atoms with E-state index in [4.69, 9.17) is 5.73 Å². The Kier molecular flexibility index (Phi) is 4.31. The number of nitrogens with zero attached hydrogens (tertiary/aromatic N) is 3. The van der Waals surface area contributed by atoms with Crippen LogP contribution in [0.1, 0.15) is 28.9 Å². The number of likely N-dealkylation sites (tertiary alicyclic amines) is 1. The van der Waals surface area contributed by atoms with Crippen molar-refractivity contribution in [1.82, 2.24) is 14.7 Å². The average Bonchev–Trinajstić information content (AvgIpc) is 3.22. The van der Waals surface area contributed by atoms with Crippen molar-refractivity contribution in [3.05, 3.63) is 47.8 Å². The van der Waals surface area contributed by atoms with E-state index in [9.17, 15) is 18.0 Å². The minimum atomic E-state index is -4.50. The van der Waals surface area contributed by atoms with Gasteiger partial charge in [0.05, 0.1) is 5.69 Å². The molecule has 1 aromatic heterocycles. The number of amides is 1. The molecule has 1 aliphatic heterocycles. The van der Waals surface area contributed by atoms with Crippen molar-refractivity contribution in [2.45, 2.75) is 25.1 Å². The van der Waals surface area contributed by atoms with Crippen molar-refractivity contribution in [3.63, 3.8) is 0 Å². The van der Waals surface area contributed by atoms with E-state index < -0.39 is 11.9 Å². The van der Waals surface area contributed by atoms with Crippen LogP contribution in [0.4, 0.5) is 13.2 Å². The van der Waals surface area contributed by atoms with Crippen LogP contribution in [0.15, 0.2) is 36.5 Å². The van der Waals surface area contributed by atoms with E-state index in [1.54, 1.807) is 29.2 Å². The lowest BCUT2D eigenvalue weighted by Crippen LogP contribution is -2.39. The van der Waals surface area contributed by atoms with Crippen LogP contribution in [0.25, 0.3) is 5.69 Å². The summed E-state index contributed by atoms with van der Waals surface area (Å²) in [6, 6.07) is 7.34. The van der Waals surface area contributed by atoms with Gasteiger partial charge in [0.1, 0.15) is 0 Å². The second-order valence-corrected chi connectivity index (χ2v) is 5.72. The number of carbonyl (C=O) groups is 1. The second kappa shape index (κ2) is 6.27. The summed E-state index contributed by atoms with van der Waals surface area (Å²) < 4.78 is 39.1. The summed E-state index contributed by atoms with van der Waals surface area (Å²) in [4.78, 5) is 14.4. The second-order valence-electron chi connectivity index (χ2n) is 5.72. The summed E-state index contributed by atoms with van der Waals surface area (Å²) in [5.74, 6) is -0.159. The van der Waals surface area contributed by atoms with Gasteiger partial charge in [0.25, 0.3) is 5.91 Å². The lowest BCUT2D eigenvalue weighted by molar-refractivity contribution is -0.141. The molecule has 1 aromatic carbocycles. The monoisotopic (exact) mass is 338 g/mol. The molecule has 0 aliphatic carbocycles. The van der Waals surface area contributed by atoms with Crippen LogP contribution in [0.3, 0.4) is 0 Å². The lowest BCUT2D eigenvalue weighted by atomic mass is 10.1. The lowest BCUT2D eigenvalue weighted by Gasteiger charge is -2.23. The number of aromatic nitrogens is 2. The molecular weight excluding hydrogens is 321 g/mol. The molecule has 0 radical (unpaired) electrons. The van der Waals surface area contributed by atoms with E-state index in [0.717, 1.165) is 23.6 Å². The van der Waals surface area contributed by atoms with Crippen LogP contribution in [-0.2, 0) is 6.18 Å². The summed E-state index contributed by atoms with van der Waals surface area (Å²) in [5, 5.41) is 3.53. The zero-order chi connectivity index (χ0) is 17.3. The van der Waals surface area contributed by atoms with E-state index in [-0.39, 0.29) is 11.9 Å². The van der Waals surface area contributed by atoms with Gasteiger partial charge in [-0.3, -0.25) is 4.79 Å². The summed E-state index contributed by atoms with van der Waals surface area (Å²) >= 11 is 0. The van der Waals surface area contributed by atoms with Gasteiger partial charge in [-0.05, 0) is 37.1 Å². The molecule has 5 nitrogen and oxygen atoms in total. The number of hydrogen-bond donors (Lipinski definition) is 1.